The summed E-state index contributed by atoms with van der Waals surface area (Å²) < 4.78 is 0. The lowest BCUT2D eigenvalue weighted by atomic mass is 10.1. The third kappa shape index (κ3) is 2.32. The molecule has 2 aromatic carbocycles. The van der Waals surface area contributed by atoms with Crippen LogP contribution in [-0.4, -0.2) is 12.4 Å². The van der Waals surface area contributed by atoms with Crippen molar-refractivity contribution in [2.24, 2.45) is 5.73 Å². The number of nitrogens with two attached hydrogens (primary N) is 1. The van der Waals surface area contributed by atoms with Crippen molar-refractivity contribution >= 4 is 11.5 Å². The number of hydrogen-bond acceptors (Lipinski definition) is 2. The normalized spacial score (nSPS) is 13.4. The molecule has 3 N–H and O–H groups in total. The van der Waals surface area contributed by atoms with Gasteiger partial charge in [0.05, 0.1) is 0 Å². The predicted octanol–water partition coefficient (Wildman–Crippen LogP) is 2.53. The second-order valence-electron chi connectivity index (χ2n) is 4.91. The molecule has 1 heterocycles. The van der Waals surface area contributed by atoms with Crippen molar-refractivity contribution < 1.29 is 0 Å². The van der Waals surface area contributed by atoms with E-state index in [1.165, 1.54) is 16.8 Å². The number of nitrogen functional groups attached to an aromatic ring is 1. The van der Waals surface area contributed by atoms with Crippen LogP contribution in [0.15, 0.2) is 48.5 Å². The molecule has 0 radical (unpaired) electrons. The average molecular weight is 251 g/mol. The number of hydrogen-bond donors (Lipinski definition) is 2. The third-order valence-corrected chi connectivity index (χ3v) is 3.59. The summed E-state index contributed by atoms with van der Waals surface area (Å²) in [5, 5.41) is 7.50. The van der Waals surface area contributed by atoms with E-state index in [9.17, 15) is 0 Å². The quantitative estimate of drug-likeness (QED) is 0.650. The van der Waals surface area contributed by atoms with E-state index in [0.717, 1.165) is 25.1 Å². The minimum Gasteiger partial charge on any atom is -0.384 e. The topological polar surface area (TPSA) is 53.1 Å². The van der Waals surface area contributed by atoms with E-state index in [-0.39, 0.29) is 5.84 Å². The maximum Gasteiger partial charge on any atom is 0.122 e. The van der Waals surface area contributed by atoms with E-state index in [1.54, 1.807) is 0 Å². The summed E-state index contributed by atoms with van der Waals surface area (Å²) in [6.45, 7) is 1.93. The van der Waals surface area contributed by atoms with Gasteiger partial charge in [0.1, 0.15) is 5.84 Å². The zero-order valence-electron chi connectivity index (χ0n) is 10.8. The summed E-state index contributed by atoms with van der Waals surface area (Å²) in [7, 11) is 0. The Balaban J connectivity index is 1.83. The van der Waals surface area contributed by atoms with Gasteiger partial charge >= 0.3 is 0 Å². The van der Waals surface area contributed by atoms with Crippen LogP contribution in [0.3, 0.4) is 0 Å². The van der Waals surface area contributed by atoms with Gasteiger partial charge in [0.15, 0.2) is 0 Å². The van der Waals surface area contributed by atoms with Gasteiger partial charge in [-0.1, -0.05) is 36.4 Å². The Morgan fingerprint density at radius 1 is 1.16 bits per heavy atom. The largest absolute Gasteiger partial charge is 0.384 e. The van der Waals surface area contributed by atoms with E-state index in [1.807, 2.05) is 18.2 Å². The Morgan fingerprint density at radius 2 is 2.00 bits per heavy atom. The van der Waals surface area contributed by atoms with Gasteiger partial charge in [-0.25, -0.2) is 0 Å². The number of amidine groups is 1. The second kappa shape index (κ2) is 4.76. The van der Waals surface area contributed by atoms with E-state index in [0.29, 0.717) is 0 Å². The number of nitrogens with one attached hydrogen (secondary N) is 1. The Kier molecular flexibility index (Phi) is 2.95. The van der Waals surface area contributed by atoms with Crippen LogP contribution in [0.4, 0.5) is 5.69 Å². The van der Waals surface area contributed by atoms with E-state index in [2.05, 4.69) is 35.2 Å². The first-order valence-corrected chi connectivity index (χ1v) is 6.50. The SMILES string of the molecule is N=C(N)c1cccc(CN2CCc3ccccc32)c1. The van der Waals surface area contributed by atoms with E-state index < -0.39 is 0 Å². The van der Waals surface area contributed by atoms with Gasteiger partial charge in [-0.2, -0.15) is 0 Å². The molecule has 96 valence electrons. The van der Waals surface area contributed by atoms with Crippen LogP contribution in [0.5, 0.6) is 0 Å². The molecule has 0 spiro atoms. The van der Waals surface area contributed by atoms with Crippen LogP contribution in [0.1, 0.15) is 16.7 Å². The van der Waals surface area contributed by atoms with Crippen molar-refractivity contribution in [3.63, 3.8) is 0 Å². The molecule has 3 nitrogen and oxygen atoms in total. The molecule has 0 aromatic heterocycles. The monoisotopic (exact) mass is 251 g/mol. The van der Waals surface area contributed by atoms with Gasteiger partial charge in [-0.05, 0) is 29.7 Å². The van der Waals surface area contributed by atoms with E-state index in [4.69, 9.17) is 11.1 Å². The molecule has 3 rings (SSSR count). The average Bonchev–Trinajstić information content (AvgIpc) is 2.83. The first-order valence-electron chi connectivity index (χ1n) is 6.50. The lowest BCUT2D eigenvalue weighted by Gasteiger charge is -2.19. The van der Waals surface area contributed by atoms with Crippen molar-refractivity contribution in [2.45, 2.75) is 13.0 Å². The third-order valence-electron chi connectivity index (χ3n) is 3.59. The van der Waals surface area contributed by atoms with Crippen LogP contribution in [0.2, 0.25) is 0 Å². The number of fused-ring (bicyclic) bond motifs is 1. The molecule has 0 amide bonds. The number of para-hydroxylation sites is 1. The van der Waals surface area contributed by atoms with Crippen LogP contribution in [0.25, 0.3) is 0 Å². The number of nitrogens with zero attached hydrogens (tertiary/aromatic N) is 1. The first-order chi connectivity index (χ1) is 9.24. The first kappa shape index (κ1) is 11.8. The fourth-order valence-corrected chi connectivity index (χ4v) is 2.63. The zero-order valence-corrected chi connectivity index (χ0v) is 10.8. The fourth-order valence-electron chi connectivity index (χ4n) is 2.63. The van der Waals surface area contributed by atoms with E-state index >= 15 is 0 Å². The summed E-state index contributed by atoms with van der Waals surface area (Å²) in [5.41, 5.74) is 10.3. The zero-order chi connectivity index (χ0) is 13.2. The summed E-state index contributed by atoms with van der Waals surface area (Å²) in [4.78, 5) is 2.38. The highest BCUT2D eigenvalue weighted by Crippen LogP contribution is 2.28. The second-order valence-corrected chi connectivity index (χ2v) is 4.91. The smallest absolute Gasteiger partial charge is 0.122 e. The molecule has 0 bridgehead atoms. The van der Waals surface area contributed by atoms with Crippen molar-refractivity contribution in [1.82, 2.24) is 0 Å². The highest BCUT2D eigenvalue weighted by molar-refractivity contribution is 5.95. The van der Waals surface area contributed by atoms with Crippen molar-refractivity contribution in [2.75, 3.05) is 11.4 Å². The molecule has 3 heteroatoms. The van der Waals surface area contributed by atoms with Crippen LogP contribution in [0, 0.1) is 5.41 Å². The molecular formula is C16H17N3. The van der Waals surface area contributed by atoms with Gasteiger partial charge in [0, 0.05) is 24.3 Å². The molecule has 2 aromatic rings. The van der Waals surface area contributed by atoms with Gasteiger partial charge in [0.25, 0.3) is 0 Å². The fraction of sp³-hybridized carbons (Fsp3) is 0.188. The van der Waals surface area contributed by atoms with Gasteiger partial charge in [-0.3, -0.25) is 5.41 Å². The van der Waals surface area contributed by atoms with Crippen molar-refractivity contribution in [3.8, 4) is 0 Å². The molecule has 1 aliphatic heterocycles. The molecule has 0 aliphatic carbocycles. The Morgan fingerprint density at radius 3 is 2.84 bits per heavy atom. The Hall–Kier alpha value is -2.29. The Labute approximate surface area is 113 Å². The number of anilines is 1. The molecule has 0 atom stereocenters. The summed E-state index contributed by atoms with van der Waals surface area (Å²) >= 11 is 0. The lowest BCUT2D eigenvalue weighted by molar-refractivity contribution is 0.836. The van der Waals surface area contributed by atoms with Gasteiger partial charge in [0.2, 0.25) is 0 Å². The summed E-state index contributed by atoms with van der Waals surface area (Å²) in [5.74, 6) is 0.128. The predicted molar refractivity (Wildman–Crippen MR) is 78.7 cm³/mol. The molecule has 0 fully saturated rings. The van der Waals surface area contributed by atoms with Crippen LogP contribution < -0.4 is 10.6 Å². The molecule has 19 heavy (non-hydrogen) atoms. The minimum atomic E-state index is 0.128. The minimum absolute atomic E-state index is 0.128. The molecule has 0 saturated carbocycles. The molecule has 1 aliphatic rings. The summed E-state index contributed by atoms with van der Waals surface area (Å²) in [6, 6.07) is 16.5. The summed E-state index contributed by atoms with van der Waals surface area (Å²) in [6.07, 6.45) is 1.11. The Bertz CT molecular complexity index is 619. The van der Waals surface area contributed by atoms with Gasteiger partial charge < -0.3 is 10.6 Å². The standard InChI is InChI=1S/C16H17N3/c17-16(18)14-6-3-4-12(10-14)11-19-9-8-13-5-1-2-7-15(13)19/h1-7,10H,8-9,11H2,(H3,17,18). The van der Waals surface area contributed by atoms with Gasteiger partial charge in [-0.15, -0.1) is 0 Å². The highest BCUT2D eigenvalue weighted by atomic mass is 15.1. The number of benzene rings is 2. The van der Waals surface area contributed by atoms with Crippen molar-refractivity contribution in [3.05, 3.63) is 65.2 Å². The maximum absolute atomic E-state index is 7.50. The number of rotatable bonds is 3. The maximum atomic E-state index is 7.50. The molecular weight excluding hydrogens is 234 g/mol. The van der Waals surface area contributed by atoms with Crippen LogP contribution in [-0.2, 0) is 13.0 Å². The lowest BCUT2D eigenvalue weighted by Crippen LogP contribution is -2.20. The van der Waals surface area contributed by atoms with Crippen LogP contribution >= 0.6 is 0 Å². The highest BCUT2D eigenvalue weighted by Gasteiger charge is 2.18. The van der Waals surface area contributed by atoms with Crippen molar-refractivity contribution in [1.29, 1.82) is 5.41 Å². The molecule has 0 unspecified atom stereocenters. The molecule has 0 saturated heterocycles.